The smallest absolute Gasteiger partial charge is 0.272 e. The second-order valence-electron chi connectivity index (χ2n) is 18.2. The lowest BCUT2D eigenvalue weighted by Gasteiger charge is -2.43. The monoisotopic (exact) mass is 1010 g/mol. The zero-order valence-electron chi connectivity index (χ0n) is 40.0. The highest BCUT2D eigenvalue weighted by atomic mass is 19.1. The van der Waals surface area contributed by atoms with Gasteiger partial charge in [-0.2, -0.15) is 0 Å². The number of ether oxygens (including phenoxy) is 6. The second kappa shape index (κ2) is 22.3. The fourth-order valence-corrected chi connectivity index (χ4v) is 9.44. The van der Waals surface area contributed by atoms with Gasteiger partial charge in [0.15, 0.2) is 51.9 Å². The van der Waals surface area contributed by atoms with Crippen molar-refractivity contribution < 1.29 is 51.8 Å². The number of ketones is 1. The molecule has 2 fully saturated rings. The predicted molar refractivity (Wildman–Crippen MR) is 268 cm³/mol. The van der Waals surface area contributed by atoms with Crippen LogP contribution in [0, 0.1) is 31.9 Å². The number of anilines is 2. The van der Waals surface area contributed by atoms with Gasteiger partial charge in [-0.25, -0.2) is 8.78 Å². The van der Waals surface area contributed by atoms with Crippen LogP contribution in [0.4, 0.5) is 31.5 Å². The Morgan fingerprint density at radius 2 is 0.919 bits per heavy atom. The third kappa shape index (κ3) is 11.9. The molecule has 4 aliphatic rings. The number of Topliss-reactive ketones (excluding diaryl/α,β-unsaturated/α-hetero) is 1. The first-order valence-corrected chi connectivity index (χ1v) is 24.1. The van der Waals surface area contributed by atoms with Crippen LogP contribution in [0.25, 0.3) is 0 Å². The Bertz CT molecular complexity index is 2790. The van der Waals surface area contributed by atoms with Gasteiger partial charge in [-0.05, 0) is 96.1 Å². The molecule has 4 aliphatic heterocycles. The molecule has 4 heterocycles. The van der Waals surface area contributed by atoms with Gasteiger partial charge in [0.1, 0.15) is 11.5 Å². The van der Waals surface area contributed by atoms with E-state index in [1.807, 2.05) is 36.4 Å². The number of non-ortho nitro benzene ring substituents is 2. The molecule has 0 aromatic heterocycles. The van der Waals surface area contributed by atoms with Crippen LogP contribution in [0.15, 0.2) is 121 Å². The Balaban J connectivity index is 0.863. The van der Waals surface area contributed by atoms with Crippen molar-refractivity contribution >= 4 is 28.5 Å². The summed E-state index contributed by atoms with van der Waals surface area (Å²) in [6.45, 7) is 7.67. The second-order valence-corrected chi connectivity index (χ2v) is 18.2. The summed E-state index contributed by atoms with van der Waals surface area (Å²) in [6.07, 6.45) is 0. The van der Waals surface area contributed by atoms with Crippen LogP contribution in [0.3, 0.4) is 0 Å². The van der Waals surface area contributed by atoms with Crippen LogP contribution in [0.2, 0.25) is 0 Å². The summed E-state index contributed by atoms with van der Waals surface area (Å²) < 4.78 is 63.2. The highest BCUT2D eigenvalue weighted by Gasteiger charge is 2.37. The summed E-state index contributed by atoms with van der Waals surface area (Å²) in [7, 11) is 0. The van der Waals surface area contributed by atoms with Gasteiger partial charge in [0.05, 0.1) is 34.1 Å². The van der Waals surface area contributed by atoms with Gasteiger partial charge in [0, 0.05) is 102 Å². The first-order chi connectivity index (χ1) is 36.0. The van der Waals surface area contributed by atoms with E-state index in [9.17, 15) is 29.0 Å². The van der Waals surface area contributed by atoms with Crippen LogP contribution >= 0.6 is 0 Å². The third-order valence-electron chi connectivity index (χ3n) is 13.5. The number of halogens is 2. The fraction of sp³-hybridized carbons (Fsp3) is 0.302. The van der Waals surface area contributed by atoms with Gasteiger partial charge in [0.2, 0.25) is 13.6 Å². The Morgan fingerprint density at radius 1 is 0.527 bits per heavy atom. The molecule has 0 bridgehead atoms. The number of nitro groups is 2. The zero-order chi connectivity index (χ0) is 51.1. The van der Waals surface area contributed by atoms with Crippen molar-refractivity contribution in [3.8, 4) is 46.0 Å². The molecule has 21 heteroatoms. The number of hydrogen-bond acceptors (Lipinski definition) is 17. The number of hydrogen-bond donors (Lipinski definition) is 2. The normalized spacial score (nSPS) is 16.6. The number of piperazine rings is 2. The van der Waals surface area contributed by atoms with Crippen molar-refractivity contribution in [1.29, 1.82) is 0 Å². The molecule has 2 N–H and O–H groups in total. The van der Waals surface area contributed by atoms with Gasteiger partial charge < -0.3 is 39.1 Å². The van der Waals surface area contributed by atoms with Crippen molar-refractivity contribution in [3.05, 3.63) is 164 Å². The summed E-state index contributed by atoms with van der Waals surface area (Å²) in [4.78, 5) is 45.6. The number of nitro benzene ring substituents is 2. The SMILES string of the molecule is O=C(C(CNc1ccc(Oc2ccc([N+](=O)[O-])cc2F)cc1)N1CCN(Cc2ccc3c(c2)OCO3)CC1)C(CNc1ccc(Oc2ccc([N+](=O)[O-])cc2F)cc1)N1CCN(Cc2ccc3c(c2)OCO3)CC1. The number of carbonyl (C=O) groups excluding carboxylic acids is 1. The van der Waals surface area contributed by atoms with Crippen LogP contribution in [0.5, 0.6) is 46.0 Å². The van der Waals surface area contributed by atoms with E-state index in [2.05, 4.69) is 30.2 Å². The molecule has 384 valence electrons. The van der Waals surface area contributed by atoms with Crippen molar-refractivity contribution in [2.75, 3.05) is 89.7 Å². The van der Waals surface area contributed by atoms with Crippen molar-refractivity contribution in [1.82, 2.24) is 19.6 Å². The number of fused-ring (bicyclic) bond motifs is 2. The Labute approximate surface area is 424 Å². The maximum Gasteiger partial charge on any atom is 0.272 e. The molecule has 19 nitrogen and oxygen atoms in total. The molecule has 6 aromatic rings. The zero-order valence-corrected chi connectivity index (χ0v) is 40.0. The lowest BCUT2D eigenvalue weighted by atomic mass is 9.99. The highest BCUT2D eigenvalue weighted by Crippen LogP contribution is 2.35. The summed E-state index contributed by atoms with van der Waals surface area (Å²) >= 11 is 0. The maximum atomic E-state index is 15.5. The Morgan fingerprint density at radius 3 is 1.30 bits per heavy atom. The average molecular weight is 1020 g/mol. The van der Waals surface area contributed by atoms with E-state index in [1.54, 1.807) is 48.5 Å². The van der Waals surface area contributed by atoms with Gasteiger partial charge >= 0.3 is 0 Å². The predicted octanol–water partition coefficient (Wildman–Crippen LogP) is 8.29. The molecule has 0 saturated carbocycles. The van der Waals surface area contributed by atoms with Crippen molar-refractivity contribution in [2.24, 2.45) is 0 Å². The lowest BCUT2D eigenvalue weighted by Crippen LogP contribution is -2.61. The van der Waals surface area contributed by atoms with E-state index in [0.717, 1.165) is 46.3 Å². The number of rotatable bonds is 20. The number of nitrogens with zero attached hydrogens (tertiary/aromatic N) is 6. The minimum Gasteiger partial charge on any atom is -0.454 e. The standard InChI is InChI=1S/C53H52F2N8O11/c54-43-27-39(62(65)66)7-15-47(43)73-41-9-3-37(4-10-41)56-29-45(60-21-17-58(18-22-60)31-35-1-13-49-51(25-35)71-33-69-49)53(64)46(61-23-19-59(20-24-61)32-36-2-14-50-52(26-36)72-34-70-50)30-57-38-5-11-42(12-6-38)74-48-16-8-40(63(67)68)28-44(48)55/h1-16,25-28,45-46,56-57H,17-24,29-34H2. The average Bonchev–Trinajstić information content (AvgIpc) is 4.09. The fourth-order valence-electron chi connectivity index (χ4n) is 9.44. The van der Waals surface area contributed by atoms with Gasteiger partial charge in [-0.3, -0.25) is 44.6 Å². The Kier molecular flexibility index (Phi) is 14.9. The molecule has 10 rings (SSSR count). The minimum atomic E-state index is -0.865. The molecular weight excluding hydrogens is 963 g/mol. The van der Waals surface area contributed by atoms with Crippen molar-refractivity contribution in [3.63, 3.8) is 0 Å². The quantitative estimate of drug-likeness (QED) is 0.0547. The largest absolute Gasteiger partial charge is 0.454 e. The first kappa shape index (κ1) is 49.5. The topological polar surface area (TPSA) is 196 Å². The molecule has 0 spiro atoms. The number of carbonyl (C=O) groups is 1. The van der Waals surface area contributed by atoms with Crippen LogP contribution in [-0.4, -0.2) is 126 Å². The molecule has 2 saturated heterocycles. The van der Waals surface area contributed by atoms with E-state index in [1.165, 1.54) is 24.3 Å². The van der Waals surface area contributed by atoms with E-state index < -0.39 is 33.6 Å². The summed E-state index contributed by atoms with van der Waals surface area (Å²) in [5.41, 5.74) is 2.82. The van der Waals surface area contributed by atoms with Crippen LogP contribution in [-0.2, 0) is 17.9 Å². The highest BCUT2D eigenvalue weighted by molar-refractivity contribution is 5.90. The summed E-state index contributed by atoms with van der Waals surface area (Å²) in [5.74, 6) is 1.53. The van der Waals surface area contributed by atoms with E-state index in [4.69, 9.17) is 28.4 Å². The summed E-state index contributed by atoms with van der Waals surface area (Å²) in [6, 6.07) is 30.9. The lowest BCUT2D eigenvalue weighted by molar-refractivity contribution is -0.385. The Hall–Kier alpha value is -8.11. The van der Waals surface area contributed by atoms with Gasteiger partial charge in [-0.1, -0.05) is 12.1 Å². The summed E-state index contributed by atoms with van der Waals surface area (Å²) in [5, 5.41) is 29.3. The van der Waals surface area contributed by atoms with Crippen LogP contribution < -0.4 is 39.1 Å². The third-order valence-corrected chi connectivity index (χ3v) is 13.5. The molecule has 2 atom stereocenters. The number of nitrogens with one attached hydrogen (secondary N) is 2. The molecule has 0 aliphatic carbocycles. The molecule has 0 radical (unpaired) electrons. The van der Waals surface area contributed by atoms with E-state index >= 15 is 4.79 Å². The first-order valence-electron chi connectivity index (χ1n) is 24.1. The van der Waals surface area contributed by atoms with Crippen molar-refractivity contribution in [2.45, 2.75) is 25.2 Å². The molecular formula is C53H52F2N8O11. The van der Waals surface area contributed by atoms with Gasteiger partial charge in [0.25, 0.3) is 11.4 Å². The van der Waals surface area contributed by atoms with E-state index in [-0.39, 0.29) is 55.3 Å². The molecule has 0 amide bonds. The molecule has 74 heavy (non-hydrogen) atoms. The van der Waals surface area contributed by atoms with Crippen LogP contribution in [0.1, 0.15) is 11.1 Å². The molecule has 6 aromatic carbocycles. The maximum absolute atomic E-state index is 15.5. The van der Waals surface area contributed by atoms with E-state index in [0.29, 0.717) is 88.3 Å². The molecule has 2 unspecified atom stereocenters. The van der Waals surface area contributed by atoms with Gasteiger partial charge in [-0.15, -0.1) is 0 Å². The minimum absolute atomic E-state index is 0.0284. The number of benzene rings is 6.